The minimum atomic E-state index is 0.573. The third kappa shape index (κ3) is 4.55. The Balaban J connectivity index is 1.58. The van der Waals surface area contributed by atoms with Crippen molar-refractivity contribution in [2.45, 2.75) is 0 Å². The van der Waals surface area contributed by atoms with Crippen LogP contribution in [0.2, 0.25) is 10.0 Å². The summed E-state index contributed by atoms with van der Waals surface area (Å²) in [5, 5.41) is 5.67. The summed E-state index contributed by atoms with van der Waals surface area (Å²) in [4.78, 5) is 14.3. The lowest BCUT2D eigenvalue weighted by molar-refractivity contribution is 0.158. The number of hydrogen-bond acceptors (Lipinski definition) is 5. The van der Waals surface area contributed by atoms with Crippen molar-refractivity contribution in [3.63, 3.8) is 0 Å². The van der Waals surface area contributed by atoms with Gasteiger partial charge in [-0.25, -0.2) is 9.97 Å². The largest absolute Gasteiger partial charge is 0.368 e. The molecule has 0 aliphatic carbocycles. The molecule has 1 aromatic heterocycles. The van der Waals surface area contributed by atoms with Crippen LogP contribution in [-0.2, 0) is 0 Å². The summed E-state index contributed by atoms with van der Waals surface area (Å²) < 4.78 is 0. The van der Waals surface area contributed by atoms with Crippen molar-refractivity contribution in [3.05, 3.63) is 52.5 Å². The van der Waals surface area contributed by atoms with E-state index in [0.29, 0.717) is 15.9 Å². The SMILES string of the molecule is CN1CCN(CCNc2nc(-c3cc(Cl)cc(Cl)c3)nc3ccccc23)CC1. The van der Waals surface area contributed by atoms with Gasteiger partial charge in [0, 0.05) is 60.3 Å². The Kier molecular flexibility index (Phi) is 5.97. The Labute approximate surface area is 175 Å². The van der Waals surface area contributed by atoms with Gasteiger partial charge in [0.05, 0.1) is 5.52 Å². The summed E-state index contributed by atoms with van der Waals surface area (Å²) in [6, 6.07) is 13.4. The summed E-state index contributed by atoms with van der Waals surface area (Å²) in [5.74, 6) is 1.45. The molecular formula is C21H23Cl2N5. The number of hydrogen-bond donors (Lipinski definition) is 1. The number of likely N-dealkylation sites (N-methyl/N-ethyl adjacent to an activating group) is 1. The average Bonchev–Trinajstić information content (AvgIpc) is 2.68. The van der Waals surface area contributed by atoms with Crippen LogP contribution in [-0.4, -0.2) is 66.1 Å². The quantitative estimate of drug-likeness (QED) is 0.673. The molecule has 4 rings (SSSR count). The molecule has 1 aliphatic rings. The third-order valence-corrected chi connectivity index (χ3v) is 5.48. The molecule has 146 valence electrons. The molecule has 2 heterocycles. The summed E-state index contributed by atoms with van der Waals surface area (Å²) in [7, 11) is 2.17. The Bertz CT molecular complexity index is 950. The van der Waals surface area contributed by atoms with Gasteiger partial charge in [0.2, 0.25) is 0 Å². The fourth-order valence-corrected chi connectivity index (χ4v) is 3.95. The molecule has 1 N–H and O–H groups in total. The van der Waals surface area contributed by atoms with Gasteiger partial charge >= 0.3 is 0 Å². The lowest BCUT2D eigenvalue weighted by Gasteiger charge is -2.32. The zero-order chi connectivity index (χ0) is 19.5. The van der Waals surface area contributed by atoms with Crippen molar-refractivity contribution >= 4 is 39.9 Å². The van der Waals surface area contributed by atoms with Crippen LogP contribution in [0.4, 0.5) is 5.82 Å². The van der Waals surface area contributed by atoms with E-state index in [2.05, 4.69) is 22.2 Å². The molecule has 1 fully saturated rings. The molecule has 2 aromatic carbocycles. The van der Waals surface area contributed by atoms with Crippen LogP contribution in [0.25, 0.3) is 22.3 Å². The van der Waals surface area contributed by atoms with Crippen molar-refractivity contribution in [2.24, 2.45) is 0 Å². The number of fused-ring (bicyclic) bond motifs is 1. The normalized spacial score (nSPS) is 15.8. The lowest BCUT2D eigenvalue weighted by atomic mass is 10.2. The zero-order valence-electron chi connectivity index (χ0n) is 15.8. The van der Waals surface area contributed by atoms with Gasteiger partial charge in [0.15, 0.2) is 5.82 Å². The van der Waals surface area contributed by atoms with E-state index in [1.54, 1.807) is 6.07 Å². The Morgan fingerprint density at radius 3 is 2.43 bits per heavy atom. The fraction of sp³-hybridized carbons (Fsp3) is 0.333. The van der Waals surface area contributed by atoms with E-state index in [1.807, 2.05) is 36.4 Å². The maximum Gasteiger partial charge on any atom is 0.162 e. The second-order valence-electron chi connectivity index (χ2n) is 7.14. The van der Waals surface area contributed by atoms with Crippen LogP contribution < -0.4 is 5.32 Å². The molecule has 5 nitrogen and oxygen atoms in total. The van der Waals surface area contributed by atoms with Crippen LogP contribution in [0.15, 0.2) is 42.5 Å². The second-order valence-corrected chi connectivity index (χ2v) is 8.02. The molecule has 0 bridgehead atoms. The van der Waals surface area contributed by atoms with E-state index in [4.69, 9.17) is 33.2 Å². The van der Waals surface area contributed by atoms with Crippen molar-refractivity contribution < 1.29 is 0 Å². The summed E-state index contributed by atoms with van der Waals surface area (Å²) >= 11 is 12.3. The number of anilines is 1. The van der Waals surface area contributed by atoms with Gasteiger partial charge in [-0.2, -0.15) is 0 Å². The van der Waals surface area contributed by atoms with Gasteiger partial charge in [0.25, 0.3) is 0 Å². The predicted molar refractivity (Wildman–Crippen MR) is 117 cm³/mol. The summed E-state index contributed by atoms with van der Waals surface area (Å²) in [5.41, 5.74) is 1.70. The predicted octanol–water partition coefficient (Wildman–Crippen LogP) is 4.26. The number of nitrogens with one attached hydrogen (secondary N) is 1. The number of piperazine rings is 1. The van der Waals surface area contributed by atoms with Crippen LogP contribution in [0.3, 0.4) is 0 Å². The molecule has 0 atom stereocenters. The molecule has 0 amide bonds. The first-order chi connectivity index (χ1) is 13.6. The van der Waals surface area contributed by atoms with Crippen molar-refractivity contribution in [1.29, 1.82) is 0 Å². The number of aromatic nitrogens is 2. The van der Waals surface area contributed by atoms with Crippen molar-refractivity contribution in [2.75, 3.05) is 51.6 Å². The average molecular weight is 416 g/mol. The molecule has 0 spiro atoms. The first-order valence-corrected chi connectivity index (χ1v) is 10.2. The molecule has 7 heteroatoms. The van der Waals surface area contributed by atoms with E-state index in [9.17, 15) is 0 Å². The molecular weight excluding hydrogens is 393 g/mol. The monoisotopic (exact) mass is 415 g/mol. The maximum atomic E-state index is 6.17. The minimum absolute atomic E-state index is 0.573. The second kappa shape index (κ2) is 8.62. The van der Waals surface area contributed by atoms with Crippen LogP contribution >= 0.6 is 23.2 Å². The Morgan fingerprint density at radius 1 is 0.964 bits per heavy atom. The molecule has 0 radical (unpaired) electrons. The molecule has 0 saturated carbocycles. The highest BCUT2D eigenvalue weighted by molar-refractivity contribution is 6.35. The number of para-hydroxylation sites is 1. The third-order valence-electron chi connectivity index (χ3n) is 5.04. The van der Waals surface area contributed by atoms with E-state index in [0.717, 1.165) is 61.6 Å². The number of benzene rings is 2. The fourth-order valence-electron chi connectivity index (χ4n) is 3.43. The first-order valence-electron chi connectivity index (χ1n) is 9.46. The van der Waals surface area contributed by atoms with E-state index >= 15 is 0 Å². The first kappa shape index (κ1) is 19.4. The smallest absolute Gasteiger partial charge is 0.162 e. The van der Waals surface area contributed by atoms with E-state index in [-0.39, 0.29) is 0 Å². The summed E-state index contributed by atoms with van der Waals surface area (Å²) in [6.45, 7) is 6.28. The van der Waals surface area contributed by atoms with Crippen LogP contribution in [0, 0.1) is 0 Å². The number of halogens is 2. The number of rotatable bonds is 5. The molecule has 1 saturated heterocycles. The van der Waals surface area contributed by atoms with Gasteiger partial charge in [-0.05, 0) is 37.4 Å². The van der Waals surface area contributed by atoms with E-state index < -0.39 is 0 Å². The number of nitrogens with zero attached hydrogens (tertiary/aromatic N) is 4. The maximum absolute atomic E-state index is 6.17. The van der Waals surface area contributed by atoms with Gasteiger partial charge in [-0.1, -0.05) is 35.3 Å². The van der Waals surface area contributed by atoms with Gasteiger partial charge < -0.3 is 10.2 Å². The Hall–Kier alpha value is -1.92. The standard InChI is InChI=1S/C21H23Cl2N5/c1-27-8-10-28(11-9-27)7-6-24-21-18-4-2-3-5-19(18)25-20(26-21)15-12-16(22)14-17(23)13-15/h2-5,12-14H,6-11H2,1H3,(H,24,25,26). The minimum Gasteiger partial charge on any atom is -0.368 e. The van der Waals surface area contributed by atoms with Crippen molar-refractivity contribution in [3.8, 4) is 11.4 Å². The highest BCUT2D eigenvalue weighted by Crippen LogP contribution is 2.28. The van der Waals surface area contributed by atoms with Gasteiger partial charge in [-0.15, -0.1) is 0 Å². The highest BCUT2D eigenvalue weighted by Gasteiger charge is 2.14. The molecule has 1 aliphatic heterocycles. The zero-order valence-corrected chi connectivity index (χ0v) is 17.3. The van der Waals surface area contributed by atoms with Gasteiger partial charge in [0.1, 0.15) is 5.82 Å². The topological polar surface area (TPSA) is 44.3 Å². The van der Waals surface area contributed by atoms with Crippen LogP contribution in [0.5, 0.6) is 0 Å². The lowest BCUT2D eigenvalue weighted by Crippen LogP contribution is -2.45. The Morgan fingerprint density at radius 2 is 1.68 bits per heavy atom. The highest BCUT2D eigenvalue weighted by atomic mass is 35.5. The molecule has 28 heavy (non-hydrogen) atoms. The van der Waals surface area contributed by atoms with Gasteiger partial charge in [-0.3, -0.25) is 4.90 Å². The molecule has 0 unspecified atom stereocenters. The van der Waals surface area contributed by atoms with E-state index in [1.165, 1.54) is 0 Å². The van der Waals surface area contributed by atoms with Crippen LogP contribution in [0.1, 0.15) is 0 Å². The van der Waals surface area contributed by atoms with Crippen molar-refractivity contribution in [1.82, 2.24) is 19.8 Å². The summed E-state index contributed by atoms with van der Waals surface area (Å²) in [6.07, 6.45) is 0. The molecule has 3 aromatic rings.